The van der Waals surface area contributed by atoms with Crippen LogP contribution in [0.5, 0.6) is 0 Å². The minimum atomic E-state index is -0.817. The third-order valence-corrected chi connectivity index (χ3v) is 7.87. The second-order valence-electron chi connectivity index (χ2n) is 8.78. The van der Waals surface area contributed by atoms with Crippen molar-refractivity contribution < 1.29 is 15.0 Å². The van der Waals surface area contributed by atoms with E-state index in [9.17, 15) is 15.0 Å². The van der Waals surface area contributed by atoms with E-state index in [1.54, 1.807) is 6.08 Å². The van der Waals surface area contributed by atoms with E-state index in [1.807, 2.05) is 0 Å². The van der Waals surface area contributed by atoms with Gasteiger partial charge in [0, 0.05) is 5.41 Å². The molecular weight excluding hydrogens is 276 g/mol. The molecule has 122 valence electrons. The summed E-state index contributed by atoms with van der Waals surface area (Å²) in [6.45, 7) is 4.51. The number of carbonyl (C=O) groups is 1. The molecule has 0 radical (unpaired) electrons. The molecule has 22 heavy (non-hydrogen) atoms. The maximum Gasteiger partial charge on any atom is 0.184 e. The Hall–Kier alpha value is -0.670. The van der Waals surface area contributed by atoms with Crippen LogP contribution in [0.1, 0.15) is 58.8 Å². The molecule has 0 amide bonds. The van der Waals surface area contributed by atoms with Crippen molar-refractivity contribution in [1.82, 2.24) is 0 Å². The van der Waals surface area contributed by atoms with E-state index in [4.69, 9.17) is 0 Å². The lowest BCUT2D eigenvalue weighted by Gasteiger charge is -2.59. The normalized spacial score (nSPS) is 54.3. The lowest BCUT2D eigenvalue weighted by molar-refractivity contribution is -0.127. The van der Waals surface area contributed by atoms with Crippen LogP contribution < -0.4 is 0 Å². The van der Waals surface area contributed by atoms with E-state index in [2.05, 4.69) is 13.8 Å². The summed E-state index contributed by atoms with van der Waals surface area (Å²) in [5, 5.41) is 20.4. The van der Waals surface area contributed by atoms with E-state index in [0.717, 1.165) is 44.9 Å². The van der Waals surface area contributed by atoms with Crippen molar-refractivity contribution in [2.24, 2.45) is 28.6 Å². The van der Waals surface area contributed by atoms with Gasteiger partial charge in [-0.3, -0.25) is 4.79 Å². The first kappa shape index (κ1) is 14.9. The molecular formula is C19H28O3. The number of hydrogen-bond acceptors (Lipinski definition) is 3. The Morgan fingerprint density at radius 3 is 2.64 bits per heavy atom. The van der Waals surface area contributed by atoms with Gasteiger partial charge in [-0.1, -0.05) is 19.4 Å². The maximum atomic E-state index is 12.1. The smallest absolute Gasteiger partial charge is 0.184 e. The van der Waals surface area contributed by atoms with Crippen LogP contribution >= 0.6 is 0 Å². The maximum absolute atomic E-state index is 12.1. The summed E-state index contributed by atoms with van der Waals surface area (Å²) >= 11 is 0. The molecule has 4 aliphatic rings. The average Bonchev–Trinajstić information content (AvgIpc) is 2.72. The zero-order valence-corrected chi connectivity index (χ0v) is 13.7. The van der Waals surface area contributed by atoms with E-state index in [1.165, 1.54) is 5.57 Å². The minimum absolute atomic E-state index is 0.0792. The molecule has 3 heteroatoms. The van der Waals surface area contributed by atoms with E-state index in [0.29, 0.717) is 23.2 Å². The van der Waals surface area contributed by atoms with Crippen molar-refractivity contribution in [3.8, 4) is 0 Å². The second kappa shape index (κ2) is 4.67. The van der Waals surface area contributed by atoms with Gasteiger partial charge < -0.3 is 10.2 Å². The third kappa shape index (κ3) is 1.78. The van der Waals surface area contributed by atoms with Gasteiger partial charge >= 0.3 is 0 Å². The van der Waals surface area contributed by atoms with Gasteiger partial charge in [-0.15, -0.1) is 0 Å². The summed E-state index contributed by atoms with van der Waals surface area (Å²) in [6.07, 6.45) is 8.17. The fraction of sp³-hybridized carbons (Fsp3) is 0.842. The Morgan fingerprint density at radius 2 is 1.86 bits per heavy atom. The Balaban J connectivity index is 1.68. The number of rotatable bonds is 0. The number of fused-ring (bicyclic) bond motifs is 5. The van der Waals surface area contributed by atoms with Crippen LogP contribution in [0.3, 0.4) is 0 Å². The summed E-state index contributed by atoms with van der Waals surface area (Å²) < 4.78 is 0. The van der Waals surface area contributed by atoms with E-state index < -0.39 is 6.10 Å². The fourth-order valence-electron chi connectivity index (χ4n) is 6.41. The standard InChI is InChI=1S/C19H28O3/c1-18-7-5-12(20)9-11(18)3-4-13-14(18)6-8-19(2)15(13)10-16(21)17(19)22/h10-14,17,20,22H,3-9H2,1-2H3/t11?,12?,13-,14+,17?,18+,19+/m1/s1. The van der Waals surface area contributed by atoms with Gasteiger partial charge in [0.2, 0.25) is 0 Å². The molecule has 0 aliphatic heterocycles. The first-order chi connectivity index (χ1) is 10.4. The molecule has 0 aromatic carbocycles. The fourth-order valence-corrected chi connectivity index (χ4v) is 6.41. The molecule has 0 aromatic rings. The second-order valence-corrected chi connectivity index (χ2v) is 8.78. The van der Waals surface area contributed by atoms with Crippen LogP contribution in [0.2, 0.25) is 0 Å². The summed E-state index contributed by atoms with van der Waals surface area (Å²) in [4.78, 5) is 12.1. The number of hydrogen-bond donors (Lipinski definition) is 2. The number of carbonyl (C=O) groups excluding carboxylic acids is 1. The van der Waals surface area contributed by atoms with Gasteiger partial charge in [-0.2, -0.15) is 0 Å². The molecule has 0 heterocycles. The van der Waals surface area contributed by atoms with Gasteiger partial charge in [-0.25, -0.2) is 0 Å². The minimum Gasteiger partial charge on any atom is -0.393 e. The van der Waals surface area contributed by atoms with E-state index in [-0.39, 0.29) is 17.3 Å². The molecule has 3 unspecified atom stereocenters. The lowest BCUT2D eigenvalue weighted by atomic mass is 9.46. The van der Waals surface area contributed by atoms with Gasteiger partial charge in [0.05, 0.1) is 6.10 Å². The molecule has 0 spiro atoms. The lowest BCUT2D eigenvalue weighted by Crippen LogP contribution is -2.52. The van der Waals surface area contributed by atoms with Crippen molar-refractivity contribution >= 4 is 5.78 Å². The molecule has 4 aliphatic carbocycles. The topological polar surface area (TPSA) is 57.5 Å². The zero-order valence-electron chi connectivity index (χ0n) is 13.7. The molecule has 7 atom stereocenters. The predicted molar refractivity (Wildman–Crippen MR) is 84.1 cm³/mol. The summed E-state index contributed by atoms with van der Waals surface area (Å²) in [5.74, 6) is 1.64. The van der Waals surface area contributed by atoms with Gasteiger partial charge in [-0.05, 0) is 74.2 Å². The highest BCUT2D eigenvalue weighted by Gasteiger charge is 2.58. The van der Waals surface area contributed by atoms with Crippen LogP contribution in [-0.2, 0) is 4.79 Å². The van der Waals surface area contributed by atoms with Crippen molar-refractivity contribution in [2.45, 2.75) is 71.0 Å². The van der Waals surface area contributed by atoms with Gasteiger partial charge in [0.1, 0.15) is 6.10 Å². The Labute approximate surface area is 132 Å². The van der Waals surface area contributed by atoms with Crippen molar-refractivity contribution in [3.05, 3.63) is 11.6 Å². The predicted octanol–water partition coefficient (Wildman–Crippen LogP) is 2.85. The van der Waals surface area contributed by atoms with Crippen LogP contribution in [0.25, 0.3) is 0 Å². The molecule has 3 fully saturated rings. The SMILES string of the molecule is C[C@]12CC[C@H]3[C@@H](CCC4CC(O)CC[C@@]43C)C1=CC(=O)C2O. The first-order valence-corrected chi connectivity index (χ1v) is 8.98. The Kier molecular flexibility index (Phi) is 3.16. The van der Waals surface area contributed by atoms with Gasteiger partial charge in [0.25, 0.3) is 0 Å². The molecule has 0 saturated heterocycles. The van der Waals surface area contributed by atoms with Crippen molar-refractivity contribution in [1.29, 1.82) is 0 Å². The highest BCUT2D eigenvalue weighted by Crippen LogP contribution is 2.64. The summed E-state index contributed by atoms with van der Waals surface area (Å²) in [5.41, 5.74) is 1.24. The largest absolute Gasteiger partial charge is 0.393 e. The molecule has 4 rings (SSSR count). The molecule has 3 nitrogen and oxygen atoms in total. The van der Waals surface area contributed by atoms with Crippen molar-refractivity contribution in [2.75, 3.05) is 0 Å². The van der Waals surface area contributed by atoms with Crippen LogP contribution in [0.4, 0.5) is 0 Å². The Bertz CT molecular complexity index is 539. The van der Waals surface area contributed by atoms with E-state index >= 15 is 0 Å². The molecule has 3 saturated carbocycles. The zero-order chi connectivity index (χ0) is 15.7. The number of aliphatic hydroxyl groups excluding tert-OH is 2. The summed E-state index contributed by atoms with van der Waals surface area (Å²) in [6, 6.07) is 0. The van der Waals surface area contributed by atoms with Gasteiger partial charge in [0.15, 0.2) is 5.78 Å². The highest BCUT2D eigenvalue weighted by atomic mass is 16.3. The van der Waals surface area contributed by atoms with Crippen LogP contribution in [0.15, 0.2) is 11.6 Å². The van der Waals surface area contributed by atoms with Crippen LogP contribution in [0, 0.1) is 28.6 Å². The molecule has 0 aromatic heterocycles. The summed E-state index contributed by atoms with van der Waals surface area (Å²) in [7, 11) is 0. The van der Waals surface area contributed by atoms with Crippen LogP contribution in [-0.4, -0.2) is 28.2 Å². The molecule has 2 N–H and O–H groups in total. The Morgan fingerprint density at radius 1 is 1.09 bits per heavy atom. The first-order valence-electron chi connectivity index (χ1n) is 8.98. The molecule has 0 bridgehead atoms. The third-order valence-electron chi connectivity index (χ3n) is 7.87. The highest BCUT2D eigenvalue weighted by molar-refractivity contribution is 5.98. The van der Waals surface area contributed by atoms with Crippen molar-refractivity contribution in [3.63, 3.8) is 0 Å². The monoisotopic (exact) mass is 304 g/mol. The average molecular weight is 304 g/mol. The number of aliphatic hydroxyl groups is 2. The quantitative estimate of drug-likeness (QED) is 0.723. The number of ketones is 1.